The first kappa shape index (κ1) is 35.9. The molecule has 15 nitrogen and oxygen atoms in total. The molecule has 2 saturated heterocycles. The summed E-state index contributed by atoms with van der Waals surface area (Å²) >= 11 is 0. The highest BCUT2D eigenvalue weighted by atomic mass is 19.1. The molecular formula is C39H41F2N11O4. The molecule has 290 valence electrons. The van der Waals surface area contributed by atoms with Gasteiger partial charge in [0, 0.05) is 64.6 Å². The van der Waals surface area contributed by atoms with Gasteiger partial charge in [-0.1, -0.05) is 0 Å². The predicted molar refractivity (Wildman–Crippen MR) is 203 cm³/mol. The first-order chi connectivity index (χ1) is 27.2. The van der Waals surface area contributed by atoms with Crippen LogP contribution in [-0.2, 0) is 20.8 Å². The van der Waals surface area contributed by atoms with E-state index in [-0.39, 0.29) is 36.9 Å². The monoisotopic (exact) mass is 765 g/mol. The number of fused-ring (bicyclic) bond motifs is 6. The Hall–Kier alpha value is -5.81. The van der Waals surface area contributed by atoms with Crippen LogP contribution in [0.25, 0.3) is 39.0 Å². The molecule has 0 N–H and O–H groups in total. The van der Waals surface area contributed by atoms with E-state index in [1.807, 2.05) is 23.3 Å². The molecule has 0 radical (unpaired) electrons. The summed E-state index contributed by atoms with van der Waals surface area (Å²) in [6, 6.07) is 8.58. The molecule has 1 amide bonds. The number of carbonyl (C=O) groups excluding carboxylic acids is 1. The van der Waals surface area contributed by atoms with Crippen LogP contribution in [0.3, 0.4) is 0 Å². The topological polar surface area (TPSA) is 142 Å². The fourth-order valence-electron chi connectivity index (χ4n) is 8.37. The first-order valence-electron chi connectivity index (χ1n) is 18.7. The lowest BCUT2D eigenvalue weighted by Gasteiger charge is -2.31. The minimum atomic E-state index is -0.688. The second kappa shape index (κ2) is 14.4. The molecular weight excluding hydrogens is 724 g/mol. The summed E-state index contributed by atoms with van der Waals surface area (Å²) in [5.41, 5.74) is 4.04. The third-order valence-corrected chi connectivity index (χ3v) is 11.0. The average molecular weight is 766 g/mol. The van der Waals surface area contributed by atoms with Crippen molar-refractivity contribution in [2.75, 3.05) is 56.7 Å². The molecule has 1 unspecified atom stereocenters. The van der Waals surface area contributed by atoms with E-state index in [0.717, 1.165) is 6.42 Å². The maximum Gasteiger partial charge on any atom is 0.317 e. The lowest BCUT2D eigenvalue weighted by atomic mass is 10.1. The number of carbonyl (C=O) groups is 1. The van der Waals surface area contributed by atoms with Gasteiger partial charge in [0.2, 0.25) is 5.91 Å². The van der Waals surface area contributed by atoms with Gasteiger partial charge in [-0.15, -0.1) is 0 Å². The van der Waals surface area contributed by atoms with Gasteiger partial charge in [0.1, 0.15) is 41.7 Å². The highest BCUT2D eigenvalue weighted by molar-refractivity contribution is 5.94. The van der Waals surface area contributed by atoms with Crippen LogP contribution in [0.15, 0.2) is 55.1 Å². The molecule has 3 aliphatic heterocycles. The van der Waals surface area contributed by atoms with Crippen molar-refractivity contribution in [2.24, 2.45) is 0 Å². The molecule has 0 spiro atoms. The number of hydrogen-bond acceptors (Lipinski definition) is 12. The number of benzene rings is 2. The zero-order chi connectivity index (χ0) is 38.7. The number of halogens is 2. The van der Waals surface area contributed by atoms with E-state index in [2.05, 4.69) is 19.9 Å². The Labute approximate surface area is 320 Å². The van der Waals surface area contributed by atoms with Crippen LogP contribution in [0.4, 0.5) is 20.3 Å². The van der Waals surface area contributed by atoms with Gasteiger partial charge >= 0.3 is 6.01 Å². The number of likely N-dealkylation sites (N-methyl/N-ethyl adjacent to an activating group) is 1. The van der Waals surface area contributed by atoms with Gasteiger partial charge in [-0.3, -0.25) is 4.79 Å². The highest BCUT2D eigenvalue weighted by Crippen LogP contribution is 2.36. The van der Waals surface area contributed by atoms with Gasteiger partial charge in [-0.2, -0.15) is 10.1 Å². The Morgan fingerprint density at radius 1 is 0.964 bits per heavy atom. The molecule has 0 saturated carbocycles. The Balaban J connectivity index is 1.12. The molecule has 9 rings (SSSR count). The fraction of sp³-hybridized carbons (Fsp3) is 0.410. The normalized spacial score (nSPS) is 21.5. The molecule has 4 bridgehead atoms. The molecule has 3 aliphatic rings. The van der Waals surface area contributed by atoms with Gasteiger partial charge in [-0.05, 0) is 50.6 Å². The number of ether oxygens (including phenoxy) is 3. The first-order valence-corrected chi connectivity index (χ1v) is 18.7. The largest absolute Gasteiger partial charge is 0.458 e. The lowest BCUT2D eigenvalue weighted by molar-refractivity contribution is -0.133. The zero-order valence-corrected chi connectivity index (χ0v) is 31.5. The predicted octanol–water partition coefficient (Wildman–Crippen LogP) is 4.34. The van der Waals surface area contributed by atoms with Crippen LogP contribution in [0.2, 0.25) is 0 Å². The highest BCUT2D eigenvalue weighted by Gasteiger charge is 2.42. The van der Waals surface area contributed by atoms with Crippen molar-refractivity contribution in [3.8, 4) is 23.0 Å². The summed E-state index contributed by atoms with van der Waals surface area (Å²) in [5.74, 6) is 0.222. The Morgan fingerprint density at radius 3 is 2.66 bits per heavy atom. The number of imidazole rings is 1. The molecule has 7 heterocycles. The van der Waals surface area contributed by atoms with E-state index >= 15 is 4.39 Å². The van der Waals surface area contributed by atoms with Gasteiger partial charge in [0.25, 0.3) is 0 Å². The quantitative estimate of drug-likeness (QED) is 0.238. The molecule has 4 aromatic heterocycles. The lowest BCUT2D eigenvalue weighted by Crippen LogP contribution is -2.47. The van der Waals surface area contributed by atoms with Gasteiger partial charge in [-0.25, -0.2) is 33.4 Å². The van der Waals surface area contributed by atoms with E-state index < -0.39 is 24.1 Å². The van der Waals surface area contributed by atoms with Crippen molar-refractivity contribution in [3.05, 3.63) is 72.6 Å². The Kier molecular flexibility index (Phi) is 9.20. The van der Waals surface area contributed by atoms with E-state index in [9.17, 15) is 9.18 Å². The maximum absolute atomic E-state index is 15.1. The third-order valence-electron chi connectivity index (χ3n) is 11.0. The molecule has 17 heteroatoms. The van der Waals surface area contributed by atoms with E-state index in [1.54, 1.807) is 48.3 Å². The van der Waals surface area contributed by atoms with E-state index in [0.29, 0.717) is 89.0 Å². The maximum atomic E-state index is 15.1. The number of aryl methyl sites for hydroxylation is 1. The Bertz CT molecular complexity index is 2460. The fourth-order valence-corrected chi connectivity index (χ4v) is 8.37. The summed E-state index contributed by atoms with van der Waals surface area (Å²) in [7, 11) is 3.45. The number of aromatic nitrogens is 8. The SMILES string of the molecule is CCO[C@H]1CN(C)C(=O)[C@@H]2C[C@@H](CN2c2ncnc3c2cnn3-c2ccc(F)cc2N2CCC(OC)C2)Oc2nccc(n2)-c2cc(F)cc3nc(C)n(c23)C1. The average Bonchev–Trinajstić information content (AvgIpc) is 4.00. The summed E-state index contributed by atoms with van der Waals surface area (Å²) in [6.45, 7) is 6.42. The Morgan fingerprint density at radius 2 is 1.84 bits per heavy atom. The zero-order valence-electron chi connectivity index (χ0n) is 31.5. The van der Waals surface area contributed by atoms with Crippen molar-refractivity contribution < 1.29 is 27.8 Å². The molecule has 6 aromatic rings. The van der Waals surface area contributed by atoms with Crippen LogP contribution in [0, 0.1) is 18.6 Å². The molecule has 2 aromatic carbocycles. The van der Waals surface area contributed by atoms with Crippen LogP contribution < -0.4 is 14.5 Å². The van der Waals surface area contributed by atoms with Crippen LogP contribution in [0.1, 0.15) is 25.6 Å². The van der Waals surface area contributed by atoms with Crippen LogP contribution in [-0.4, -0.2) is 121 Å². The smallest absolute Gasteiger partial charge is 0.317 e. The van der Waals surface area contributed by atoms with Crippen molar-refractivity contribution in [3.63, 3.8) is 0 Å². The summed E-state index contributed by atoms with van der Waals surface area (Å²) in [4.78, 5) is 43.5. The number of anilines is 2. The molecule has 56 heavy (non-hydrogen) atoms. The molecule has 4 atom stereocenters. The van der Waals surface area contributed by atoms with Crippen molar-refractivity contribution >= 4 is 39.5 Å². The third kappa shape index (κ3) is 6.33. The minimum absolute atomic E-state index is 0.0386. The van der Waals surface area contributed by atoms with Crippen LogP contribution in [0.5, 0.6) is 6.01 Å². The van der Waals surface area contributed by atoms with Gasteiger partial charge in [0.05, 0.1) is 65.0 Å². The minimum Gasteiger partial charge on any atom is -0.458 e. The standard InChI is InChI=1S/C39H41F2N11O4/c1-5-55-27-17-48(3)38(53)34-15-26(56-39-42-10-8-30(47-39)28-12-24(41)13-31-35(28)50(20-27)22(2)46-31)19-51(34)36-29-16-45-52(37(29)44-21-43-36)32-7-6-23(40)14-33(32)49-11-9-25(18-49)54-4/h6-8,10,12-14,16,21,25-27,34H,5,9,11,15,17-20H2,1-4H3/t25?,26-,27-,34-/m0/s1. The summed E-state index contributed by atoms with van der Waals surface area (Å²) < 4.78 is 51.7. The number of nitrogens with zero attached hydrogens (tertiary/aromatic N) is 11. The molecule has 0 aliphatic carbocycles. The molecule has 2 fully saturated rings. The second-order valence-electron chi connectivity index (χ2n) is 14.5. The van der Waals surface area contributed by atoms with Gasteiger partial charge < -0.3 is 33.5 Å². The number of rotatable bonds is 6. The second-order valence-corrected chi connectivity index (χ2v) is 14.5. The summed E-state index contributed by atoms with van der Waals surface area (Å²) in [6.07, 6.45) is 4.93. The number of hydrogen-bond donors (Lipinski definition) is 0. The van der Waals surface area contributed by atoms with Crippen molar-refractivity contribution in [1.82, 2.24) is 44.2 Å². The van der Waals surface area contributed by atoms with Crippen molar-refractivity contribution in [2.45, 2.75) is 57.6 Å². The van der Waals surface area contributed by atoms with Gasteiger partial charge in [0.15, 0.2) is 5.65 Å². The van der Waals surface area contributed by atoms with Crippen molar-refractivity contribution in [1.29, 1.82) is 0 Å². The van der Waals surface area contributed by atoms with E-state index in [1.165, 1.54) is 30.6 Å². The number of amides is 1. The van der Waals surface area contributed by atoms with Crippen LogP contribution >= 0.6 is 0 Å². The summed E-state index contributed by atoms with van der Waals surface area (Å²) in [5, 5.41) is 5.35. The number of methoxy groups -OCH3 is 1. The van der Waals surface area contributed by atoms with E-state index in [4.69, 9.17) is 29.3 Å².